The Hall–Kier alpha value is -2.21. The standard InChI is InChI=1S/C14H18FN5/c1-19(7-10-6-18-20(2)8-10)9-11-4-3-5-12(13(11)15)14(16)17/h3-6,8H,7,9H2,1-2H3,(H3,16,17). The van der Waals surface area contributed by atoms with E-state index in [0.29, 0.717) is 18.7 Å². The Morgan fingerprint density at radius 1 is 1.45 bits per heavy atom. The fourth-order valence-corrected chi connectivity index (χ4v) is 2.12. The first-order valence-electron chi connectivity index (χ1n) is 6.25. The summed E-state index contributed by atoms with van der Waals surface area (Å²) in [5, 5.41) is 11.5. The van der Waals surface area contributed by atoms with Crippen LogP contribution in [0.1, 0.15) is 16.7 Å². The second kappa shape index (κ2) is 5.83. The average molecular weight is 275 g/mol. The van der Waals surface area contributed by atoms with Crippen LogP contribution in [-0.2, 0) is 20.1 Å². The van der Waals surface area contributed by atoms with Crippen molar-refractivity contribution < 1.29 is 4.39 Å². The quantitative estimate of drug-likeness (QED) is 0.641. The lowest BCUT2D eigenvalue weighted by Gasteiger charge is -2.17. The van der Waals surface area contributed by atoms with Crippen molar-refractivity contribution in [3.63, 3.8) is 0 Å². The number of nitrogens with two attached hydrogens (primary N) is 1. The number of aryl methyl sites for hydroxylation is 1. The fourth-order valence-electron chi connectivity index (χ4n) is 2.12. The molecule has 0 unspecified atom stereocenters. The molecule has 6 heteroatoms. The topological polar surface area (TPSA) is 70.9 Å². The van der Waals surface area contributed by atoms with Crippen molar-refractivity contribution in [2.45, 2.75) is 13.1 Å². The van der Waals surface area contributed by atoms with Crippen molar-refractivity contribution in [1.82, 2.24) is 14.7 Å². The number of nitrogens with one attached hydrogen (secondary N) is 1. The molecule has 0 bridgehead atoms. The van der Waals surface area contributed by atoms with Gasteiger partial charge in [0.2, 0.25) is 0 Å². The van der Waals surface area contributed by atoms with Gasteiger partial charge in [-0.2, -0.15) is 5.10 Å². The highest BCUT2D eigenvalue weighted by atomic mass is 19.1. The van der Waals surface area contributed by atoms with E-state index < -0.39 is 5.82 Å². The number of hydrogen-bond donors (Lipinski definition) is 2. The van der Waals surface area contributed by atoms with Gasteiger partial charge in [0.25, 0.3) is 0 Å². The average Bonchev–Trinajstić information content (AvgIpc) is 2.77. The molecule has 0 atom stereocenters. The Labute approximate surface area is 117 Å². The summed E-state index contributed by atoms with van der Waals surface area (Å²) in [6.07, 6.45) is 3.72. The zero-order valence-corrected chi connectivity index (χ0v) is 11.6. The molecule has 3 N–H and O–H groups in total. The zero-order valence-electron chi connectivity index (χ0n) is 11.6. The SMILES string of the molecule is CN(Cc1cnn(C)c1)Cc1cccc(C(=N)N)c1F. The Kier molecular flexibility index (Phi) is 4.14. The second-order valence-corrected chi connectivity index (χ2v) is 4.89. The minimum atomic E-state index is -0.418. The fraction of sp³-hybridized carbons (Fsp3) is 0.286. The Morgan fingerprint density at radius 2 is 2.20 bits per heavy atom. The highest BCUT2D eigenvalue weighted by molar-refractivity contribution is 5.95. The monoisotopic (exact) mass is 275 g/mol. The van der Waals surface area contributed by atoms with E-state index in [-0.39, 0.29) is 11.4 Å². The number of aromatic nitrogens is 2. The maximum atomic E-state index is 14.2. The third-order valence-corrected chi connectivity index (χ3v) is 3.02. The van der Waals surface area contributed by atoms with Crippen LogP contribution < -0.4 is 5.73 Å². The minimum Gasteiger partial charge on any atom is -0.384 e. The van der Waals surface area contributed by atoms with Gasteiger partial charge in [-0.1, -0.05) is 12.1 Å². The number of nitrogens with zero attached hydrogens (tertiary/aromatic N) is 3. The molecule has 1 aromatic carbocycles. The van der Waals surface area contributed by atoms with E-state index in [1.165, 1.54) is 6.07 Å². The van der Waals surface area contributed by atoms with Crippen LogP contribution in [-0.4, -0.2) is 27.6 Å². The number of nitrogen functional groups attached to an aromatic ring is 1. The lowest BCUT2D eigenvalue weighted by atomic mass is 10.1. The van der Waals surface area contributed by atoms with Gasteiger partial charge in [-0.3, -0.25) is 15.0 Å². The molecule has 20 heavy (non-hydrogen) atoms. The van der Waals surface area contributed by atoms with Gasteiger partial charge in [-0.05, 0) is 13.1 Å². The van der Waals surface area contributed by atoms with E-state index in [1.54, 1.807) is 23.0 Å². The molecule has 0 fully saturated rings. The predicted molar refractivity (Wildman–Crippen MR) is 75.8 cm³/mol. The molecule has 2 rings (SSSR count). The van der Waals surface area contributed by atoms with Gasteiger partial charge in [0.15, 0.2) is 0 Å². The van der Waals surface area contributed by atoms with Gasteiger partial charge >= 0.3 is 0 Å². The van der Waals surface area contributed by atoms with Gasteiger partial charge in [-0.25, -0.2) is 4.39 Å². The summed E-state index contributed by atoms with van der Waals surface area (Å²) in [5.41, 5.74) is 7.11. The molecule has 0 radical (unpaired) electrons. The zero-order chi connectivity index (χ0) is 14.7. The van der Waals surface area contributed by atoms with Gasteiger partial charge in [-0.15, -0.1) is 0 Å². The summed E-state index contributed by atoms with van der Waals surface area (Å²) < 4.78 is 15.9. The van der Waals surface area contributed by atoms with Crippen LogP contribution in [0.2, 0.25) is 0 Å². The van der Waals surface area contributed by atoms with E-state index in [2.05, 4.69) is 5.10 Å². The first-order valence-corrected chi connectivity index (χ1v) is 6.25. The van der Waals surface area contributed by atoms with Crippen LogP contribution in [0.4, 0.5) is 4.39 Å². The van der Waals surface area contributed by atoms with Crippen LogP contribution in [0.15, 0.2) is 30.6 Å². The smallest absolute Gasteiger partial charge is 0.138 e. The largest absolute Gasteiger partial charge is 0.384 e. The van der Waals surface area contributed by atoms with E-state index in [9.17, 15) is 4.39 Å². The molecule has 0 amide bonds. The van der Waals surface area contributed by atoms with Crippen molar-refractivity contribution in [2.24, 2.45) is 12.8 Å². The highest BCUT2D eigenvalue weighted by Gasteiger charge is 2.12. The van der Waals surface area contributed by atoms with E-state index in [1.807, 2.05) is 25.2 Å². The number of amidine groups is 1. The molecular formula is C14H18FN5. The molecule has 0 aliphatic heterocycles. The normalized spacial score (nSPS) is 11.0. The molecule has 1 aromatic heterocycles. The third-order valence-electron chi connectivity index (χ3n) is 3.02. The van der Waals surface area contributed by atoms with Crippen LogP contribution >= 0.6 is 0 Å². The highest BCUT2D eigenvalue weighted by Crippen LogP contribution is 2.15. The second-order valence-electron chi connectivity index (χ2n) is 4.89. The van der Waals surface area contributed by atoms with E-state index in [0.717, 1.165) is 5.56 Å². The first kappa shape index (κ1) is 14.2. The van der Waals surface area contributed by atoms with Gasteiger partial charge in [0.05, 0.1) is 11.8 Å². The number of rotatable bonds is 5. The Bertz CT molecular complexity index is 620. The first-order chi connectivity index (χ1) is 9.47. The molecule has 0 aliphatic carbocycles. The van der Waals surface area contributed by atoms with Crippen molar-refractivity contribution in [3.8, 4) is 0 Å². The summed E-state index contributed by atoms with van der Waals surface area (Å²) in [4.78, 5) is 1.99. The van der Waals surface area contributed by atoms with Gasteiger partial charge in [0.1, 0.15) is 11.7 Å². The van der Waals surface area contributed by atoms with Gasteiger partial charge < -0.3 is 5.73 Å². The molecular weight excluding hydrogens is 257 g/mol. The number of halogens is 1. The van der Waals surface area contributed by atoms with E-state index in [4.69, 9.17) is 11.1 Å². The molecule has 0 saturated heterocycles. The van der Waals surface area contributed by atoms with E-state index >= 15 is 0 Å². The summed E-state index contributed by atoms with van der Waals surface area (Å²) >= 11 is 0. The molecule has 106 valence electrons. The minimum absolute atomic E-state index is 0.150. The molecule has 0 saturated carbocycles. The molecule has 0 aliphatic rings. The van der Waals surface area contributed by atoms with Crippen LogP contribution in [0.25, 0.3) is 0 Å². The van der Waals surface area contributed by atoms with Crippen LogP contribution in [0.3, 0.4) is 0 Å². The van der Waals surface area contributed by atoms with Crippen molar-refractivity contribution in [1.29, 1.82) is 5.41 Å². The number of benzene rings is 1. The Balaban J connectivity index is 2.09. The maximum Gasteiger partial charge on any atom is 0.138 e. The lowest BCUT2D eigenvalue weighted by Crippen LogP contribution is -2.20. The summed E-state index contributed by atoms with van der Waals surface area (Å²) in [7, 11) is 3.77. The number of hydrogen-bond acceptors (Lipinski definition) is 3. The summed E-state index contributed by atoms with van der Waals surface area (Å²) in [5.74, 6) is -0.669. The van der Waals surface area contributed by atoms with Gasteiger partial charge in [0, 0.05) is 37.5 Å². The predicted octanol–water partition coefficient (Wildman–Crippen LogP) is 1.48. The van der Waals surface area contributed by atoms with Crippen LogP contribution in [0, 0.1) is 11.2 Å². The molecule has 0 spiro atoms. The van der Waals surface area contributed by atoms with Crippen molar-refractivity contribution in [2.75, 3.05) is 7.05 Å². The summed E-state index contributed by atoms with van der Waals surface area (Å²) in [6.45, 7) is 1.12. The third kappa shape index (κ3) is 3.21. The maximum absolute atomic E-state index is 14.2. The lowest BCUT2D eigenvalue weighted by molar-refractivity contribution is 0.313. The van der Waals surface area contributed by atoms with Crippen molar-refractivity contribution >= 4 is 5.84 Å². The molecule has 2 aromatic rings. The molecule has 5 nitrogen and oxygen atoms in total. The Morgan fingerprint density at radius 3 is 2.80 bits per heavy atom. The molecule has 1 heterocycles. The summed E-state index contributed by atoms with van der Waals surface area (Å²) in [6, 6.07) is 4.94. The van der Waals surface area contributed by atoms with Crippen molar-refractivity contribution in [3.05, 3.63) is 53.1 Å². The van der Waals surface area contributed by atoms with Crippen LogP contribution in [0.5, 0.6) is 0 Å².